The van der Waals surface area contributed by atoms with Crippen molar-refractivity contribution in [1.82, 2.24) is 14.4 Å². The van der Waals surface area contributed by atoms with Gasteiger partial charge in [0.1, 0.15) is 5.65 Å². The molecule has 1 aromatic carbocycles. The average Bonchev–Trinajstić information content (AvgIpc) is 2.46. The number of thioether (sulfide) groups is 1. The van der Waals surface area contributed by atoms with E-state index in [4.69, 9.17) is 0 Å². The topological polar surface area (TPSA) is 47.3 Å². The molecule has 5 heteroatoms. The third-order valence-electron chi connectivity index (χ3n) is 3.06. The van der Waals surface area contributed by atoms with Crippen molar-refractivity contribution in [2.45, 2.75) is 17.8 Å². The standard InChI is InChI=1S/C15H13N3OS/c1-11-6-2-3-7-12(11)10-20-14-16-13-8-4-5-9-18(13)15(19)17-14/h2-9H,10H2,1H3. The summed E-state index contributed by atoms with van der Waals surface area (Å²) in [6.07, 6.45) is 1.67. The fourth-order valence-electron chi connectivity index (χ4n) is 1.92. The zero-order valence-electron chi connectivity index (χ0n) is 11.0. The molecule has 3 aromatic rings. The Morgan fingerprint density at radius 2 is 1.90 bits per heavy atom. The van der Waals surface area contributed by atoms with Crippen LogP contribution >= 0.6 is 11.8 Å². The summed E-state index contributed by atoms with van der Waals surface area (Å²) >= 11 is 1.48. The highest BCUT2D eigenvalue weighted by Gasteiger charge is 2.05. The molecule has 2 heterocycles. The highest BCUT2D eigenvalue weighted by atomic mass is 32.2. The first kappa shape index (κ1) is 12.9. The molecule has 0 fully saturated rings. The van der Waals surface area contributed by atoms with Gasteiger partial charge in [-0.2, -0.15) is 4.98 Å². The molecule has 0 radical (unpaired) electrons. The normalized spacial score (nSPS) is 10.8. The number of hydrogen-bond acceptors (Lipinski definition) is 4. The Kier molecular flexibility index (Phi) is 3.52. The molecule has 0 aliphatic rings. The van der Waals surface area contributed by atoms with Gasteiger partial charge in [-0.15, -0.1) is 0 Å². The molecule has 0 aliphatic heterocycles. The van der Waals surface area contributed by atoms with Gasteiger partial charge in [-0.1, -0.05) is 42.1 Å². The zero-order chi connectivity index (χ0) is 13.9. The molecule has 20 heavy (non-hydrogen) atoms. The third kappa shape index (κ3) is 2.58. The van der Waals surface area contributed by atoms with Crippen molar-refractivity contribution in [2.24, 2.45) is 0 Å². The van der Waals surface area contributed by atoms with Crippen LogP contribution in [0.4, 0.5) is 0 Å². The van der Waals surface area contributed by atoms with Gasteiger partial charge >= 0.3 is 5.69 Å². The predicted molar refractivity (Wildman–Crippen MR) is 80.0 cm³/mol. The fourth-order valence-corrected chi connectivity index (χ4v) is 2.83. The Morgan fingerprint density at radius 3 is 2.75 bits per heavy atom. The summed E-state index contributed by atoms with van der Waals surface area (Å²) in [5.41, 5.74) is 2.80. The van der Waals surface area contributed by atoms with Crippen LogP contribution in [-0.2, 0) is 5.75 Å². The fraction of sp³-hybridized carbons (Fsp3) is 0.133. The van der Waals surface area contributed by atoms with Gasteiger partial charge in [-0.05, 0) is 30.2 Å². The molecule has 3 rings (SSSR count). The number of fused-ring (bicyclic) bond motifs is 1. The van der Waals surface area contributed by atoms with E-state index >= 15 is 0 Å². The van der Waals surface area contributed by atoms with Crippen LogP contribution in [0.1, 0.15) is 11.1 Å². The molecule has 100 valence electrons. The van der Waals surface area contributed by atoms with Crippen molar-refractivity contribution in [2.75, 3.05) is 0 Å². The van der Waals surface area contributed by atoms with Crippen LogP contribution in [0.5, 0.6) is 0 Å². The van der Waals surface area contributed by atoms with Gasteiger partial charge in [0.2, 0.25) is 0 Å². The minimum absolute atomic E-state index is 0.289. The summed E-state index contributed by atoms with van der Waals surface area (Å²) in [7, 11) is 0. The number of aromatic nitrogens is 3. The second-order valence-corrected chi connectivity index (χ2v) is 5.38. The lowest BCUT2D eigenvalue weighted by Gasteiger charge is -2.05. The van der Waals surface area contributed by atoms with E-state index in [-0.39, 0.29) is 5.69 Å². The van der Waals surface area contributed by atoms with Crippen LogP contribution in [0.3, 0.4) is 0 Å². The number of nitrogens with zero attached hydrogens (tertiary/aromatic N) is 3. The van der Waals surface area contributed by atoms with Gasteiger partial charge in [-0.3, -0.25) is 4.40 Å². The van der Waals surface area contributed by atoms with Crippen molar-refractivity contribution >= 4 is 17.4 Å². The van der Waals surface area contributed by atoms with E-state index in [1.54, 1.807) is 18.3 Å². The number of aryl methyl sites for hydroxylation is 1. The van der Waals surface area contributed by atoms with E-state index in [9.17, 15) is 4.79 Å². The molecule has 2 aromatic heterocycles. The minimum atomic E-state index is -0.289. The van der Waals surface area contributed by atoms with Crippen LogP contribution in [-0.4, -0.2) is 14.4 Å². The SMILES string of the molecule is Cc1ccccc1CSc1nc(=O)n2ccccc2n1. The van der Waals surface area contributed by atoms with Crippen molar-refractivity contribution in [3.8, 4) is 0 Å². The molecule has 4 nitrogen and oxygen atoms in total. The van der Waals surface area contributed by atoms with Gasteiger partial charge in [0.25, 0.3) is 0 Å². The van der Waals surface area contributed by atoms with E-state index in [1.165, 1.54) is 27.3 Å². The quantitative estimate of drug-likeness (QED) is 0.693. The van der Waals surface area contributed by atoms with Gasteiger partial charge in [-0.25, -0.2) is 9.78 Å². The van der Waals surface area contributed by atoms with Crippen LogP contribution in [0.2, 0.25) is 0 Å². The van der Waals surface area contributed by atoms with E-state index in [1.807, 2.05) is 18.2 Å². The summed E-state index contributed by atoms with van der Waals surface area (Å²) in [6.45, 7) is 2.08. The van der Waals surface area contributed by atoms with Gasteiger partial charge in [0.05, 0.1) is 0 Å². The van der Waals surface area contributed by atoms with Gasteiger partial charge in [0.15, 0.2) is 5.16 Å². The van der Waals surface area contributed by atoms with Crippen LogP contribution < -0.4 is 5.69 Å². The molecule has 0 spiro atoms. The second kappa shape index (κ2) is 5.46. The lowest BCUT2D eigenvalue weighted by atomic mass is 10.1. The zero-order valence-corrected chi connectivity index (χ0v) is 11.8. The maximum absolute atomic E-state index is 11.9. The lowest BCUT2D eigenvalue weighted by Crippen LogP contribution is -2.18. The van der Waals surface area contributed by atoms with E-state index in [0.29, 0.717) is 10.8 Å². The largest absolute Gasteiger partial charge is 0.355 e. The van der Waals surface area contributed by atoms with Crippen molar-refractivity contribution < 1.29 is 0 Å². The maximum Gasteiger partial charge on any atom is 0.355 e. The van der Waals surface area contributed by atoms with E-state index < -0.39 is 0 Å². The number of rotatable bonds is 3. The molecule has 0 atom stereocenters. The highest BCUT2D eigenvalue weighted by Crippen LogP contribution is 2.20. The van der Waals surface area contributed by atoms with Crippen molar-refractivity contribution in [3.05, 3.63) is 70.3 Å². The van der Waals surface area contributed by atoms with Crippen molar-refractivity contribution in [3.63, 3.8) is 0 Å². The van der Waals surface area contributed by atoms with Gasteiger partial charge in [0, 0.05) is 11.9 Å². The summed E-state index contributed by atoms with van der Waals surface area (Å²) < 4.78 is 1.44. The Hall–Kier alpha value is -2.14. The summed E-state index contributed by atoms with van der Waals surface area (Å²) in [4.78, 5) is 20.3. The summed E-state index contributed by atoms with van der Waals surface area (Å²) in [6, 6.07) is 13.6. The first-order chi connectivity index (χ1) is 9.74. The first-order valence-electron chi connectivity index (χ1n) is 6.27. The van der Waals surface area contributed by atoms with E-state index in [2.05, 4.69) is 29.0 Å². The number of hydrogen-bond donors (Lipinski definition) is 0. The molecule has 0 amide bonds. The minimum Gasteiger partial charge on any atom is -0.251 e. The summed E-state index contributed by atoms with van der Waals surface area (Å²) in [5.74, 6) is 0.759. The Morgan fingerprint density at radius 1 is 1.10 bits per heavy atom. The number of pyridine rings is 1. The lowest BCUT2D eigenvalue weighted by molar-refractivity contribution is 0.846. The number of benzene rings is 1. The molecule has 0 saturated heterocycles. The molecule has 0 unspecified atom stereocenters. The molecule has 0 N–H and O–H groups in total. The average molecular weight is 283 g/mol. The monoisotopic (exact) mass is 283 g/mol. The Balaban J connectivity index is 1.88. The predicted octanol–water partition coefficient (Wildman–Crippen LogP) is 2.69. The first-order valence-corrected chi connectivity index (χ1v) is 7.25. The Labute approximate surface area is 120 Å². The van der Waals surface area contributed by atoms with Crippen molar-refractivity contribution in [1.29, 1.82) is 0 Å². The molecular formula is C15H13N3OS. The van der Waals surface area contributed by atoms with Crippen LogP contribution in [0.15, 0.2) is 58.6 Å². The Bertz CT molecular complexity index is 813. The second-order valence-electron chi connectivity index (χ2n) is 4.43. The molecule has 0 saturated carbocycles. The highest BCUT2D eigenvalue weighted by molar-refractivity contribution is 7.98. The third-order valence-corrected chi connectivity index (χ3v) is 3.96. The molecular weight excluding hydrogens is 270 g/mol. The molecule has 0 bridgehead atoms. The van der Waals surface area contributed by atoms with Crippen LogP contribution in [0.25, 0.3) is 5.65 Å². The smallest absolute Gasteiger partial charge is 0.251 e. The van der Waals surface area contributed by atoms with Crippen LogP contribution in [0, 0.1) is 6.92 Å². The van der Waals surface area contributed by atoms with E-state index in [0.717, 1.165) is 5.75 Å². The van der Waals surface area contributed by atoms with Gasteiger partial charge < -0.3 is 0 Å². The summed E-state index contributed by atoms with van der Waals surface area (Å²) in [5, 5.41) is 0.518. The molecule has 0 aliphatic carbocycles. The maximum atomic E-state index is 11.9.